The topological polar surface area (TPSA) is 249 Å². The molecule has 3 aromatic heterocycles. The van der Waals surface area contributed by atoms with Gasteiger partial charge in [0.05, 0.1) is 54.2 Å². The zero-order valence-corrected chi connectivity index (χ0v) is 47.5. The highest BCUT2D eigenvalue weighted by Crippen LogP contribution is 2.36. The van der Waals surface area contributed by atoms with Gasteiger partial charge in [-0.05, 0) is 109 Å². The molecule has 10 rings (SSSR count). The van der Waals surface area contributed by atoms with Crippen LogP contribution in [-0.4, -0.2) is 123 Å². The Morgan fingerprint density at radius 3 is 1.81 bits per heavy atom. The molecule has 2 saturated heterocycles. The first-order valence-electron chi connectivity index (χ1n) is 25.2. The average Bonchev–Trinajstić information content (AvgIpc) is 4.34. The van der Waals surface area contributed by atoms with Crippen LogP contribution in [0.5, 0.6) is 0 Å². The summed E-state index contributed by atoms with van der Waals surface area (Å²) in [6.45, 7) is 13.2. The lowest BCUT2D eigenvalue weighted by atomic mass is 9.92. The Morgan fingerprint density at radius 1 is 0.722 bits per heavy atom. The van der Waals surface area contributed by atoms with Crippen LogP contribution in [0.15, 0.2) is 55.0 Å². The molecule has 432 valence electrons. The molecule has 0 unspecified atom stereocenters. The molecule has 5 aliphatic rings. The van der Waals surface area contributed by atoms with E-state index in [1.807, 2.05) is 6.20 Å². The molecule has 7 heterocycles. The maximum absolute atomic E-state index is 14.5. The summed E-state index contributed by atoms with van der Waals surface area (Å²) >= 11 is 4.25. The molecule has 0 radical (unpaired) electrons. The van der Waals surface area contributed by atoms with Crippen molar-refractivity contribution in [2.45, 2.75) is 147 Å². The molecule has 0 saturated carbocycles. The Labute approximate surface area is 461 Å². The van der Waals surface area contributed by atoms with Crippen LogP contribution >= 0.6 is 12.6 Å². The summed E-state index contributed by atoms with van der Waals surface area (Å²) in [7, 11) is -6.38. The summed E-state index contributed by atoms with van der Waals surface area (Å²) < 4.78 is 126. The zero-order chi connectivity index (χ0) is 57.8. The lowest BCUT2D eigenvalue weighted by Gasteiger charge is -2.40. The van der Waals surface area contributed by atoms with E-state index in [9.17, 15) is 48.8 Å². The number of ketones is 1. The van der Waals surface area contributed by atoms with Gasteiger partial charge in [0.25, 0.3) is 20.0 Å². The van der Waals surface area contributed by atoms with Crippen molar-refractivity contribution in [1.29, 1.82) is 0 Å². The normalized spacial score (nSPS) is 21.0. The number of benzene rings is 2. The molecule has 2 fully saturated rings. The molecule has 2 amide bonds. The van der Waals surface area contributed by atoms with Crippen molar-refractivity contribution in [3.63, 3.8) is 0 Å². The van der Waals surface area contributed by atoms with E-state index in [1.54, 1.807) is 58.6 Å². The fraction of sp³-hybridized carbons (Fsp3) is 0.529. The lowest BCUT2D eigenvalue weighted by molar-refractivity contribution is -0.133. The zero-order valence-electron chi connectivity index (χ0n) is 45.0. The lowest BCUT2D eigenvalue weighted by Crippen LogP contribution is -2.52. The number of hydrogen-bond acceptors (Lipinski definition) is 17. The first-order valence-corrected chi connectivity index (χ1v) is 29.6. The van der Waals surface area contributed by atoms with E-state index in [0.717, 1.165) is 110 Å². The minimum absolute atomic E-state index is 0.0264. The molecule has 0 spiro atoms. The monoisotopic (exact) mass is 1170 g/mol. The van der Waals surface area contributed by atoms with Gasteiger partial charge < -0.3 is 34.9 Å². The minimum Gasteiger partial charge on any atom is -0.444 e. The molecule has 2 aromatic carbocycles. The molecule has 0 bridgehead atoms. The first-order chi connectivity index (χ1) is 36.9. The second-order valence-electron chi connectivity index (χ2n) is 21.6. The van der Waals surface area contributed by atoms with Crippen molar-refractivity contribution in [3.8, 4) is 0 Å². The Hall–Kier alpha value is -5.91. The van der Waals surface area contributed by atoms with Crippen molar-refractivity contribution in [2.75, 3.05) is 25.7 Å². The highest BCUT2D eigenvalue weighted by atomic mass is 32.2. The molecule has 5 aromatic rings. The predicted molar refractivity (Wildman–Crippen MR) is 282 cm³/mol. The number of carbonyl (C=O) groups excluding carboxylic acids is 3. The van der Waals surface area contributed by atoms with Gasteiger partial charge >= 0.3 is 12.2 Å². The van der Waals surface area contributed by atoms with E-state index in [2.05, 4.69) is 48.8 Å². The molecule has 1 aliphatic carbocycles. The molecule has 79 heavy (non-hydrogen) atoms. The Morgan fingerprint density at radius 2 is 1.28 bits per heavy atom. The molecule has 4 aliphatic heterocycles. The molecular formula is C51H66F4N10O11S3. The van der Waals surface area contributed by atoms with Crippen molar-refractivity contribution < 1.29 is 67.7 Å². The van der Waals surface area contributed by atoms with Gasteiger partial charge in [-0.3, -0.25) is 14.4 Å². The van der Waals surface area contributed by atoms with E-state index >= 15 is 0 Å². The van der Waals surface area contributed by atoms with E-state index in [1.165, 1.54) is 0 Å². The fourth-order valence-electron chi connectivity index (χ4n) is 9.26. The largest absolute Gasteiger partial charge is 0.444 e. The number of alkyl carbamates (subject to hydrolysis) is 2. The van der Waals surface area contributed by atoms with Crippen LogP contribution in [0.1, 0.15) is 118 Å². The number of aryl methyl sites for hydroxylation is 2. The van der Waals surface area contributed by atoms with E-state index in [0.29, 0.717) is 45.1 Å². The number of nitrogens with zero attached hydrogens (tertiary/aromatic N) is 7. The maximum atomic E-state index is 14.5. The van der Waals surface area contributed by atoms with Crippen LogP contribution in [0.3, 0.4) is 0 Å². The van der Waals surface area contributed by atoms with Crippen LogP contribution in [0, 0.1) is 23.3 Å². The van der Waals surface area contributed by atoms with E-state index in [-0.39, 0.29) is 36.0 Å². The number of thiol groups is 1. The number of hydrogen-bond donors (Lipinski definition) is 4. The Balaban J connectivity index is 0.000000166. The quantitative estimate of drug-likeness (QED) is 0.100. The number of Topliss-reactive ketones (excluding diaryl/α,β-unsaturated/α-hetero) is 1. The number of amides is 2. The number of aromatic nitrogens is 6. The van der Waals surface area contributed by atoms with E-state index < -0.39 is 91.0 Å². The van der Waals surface area contributed by atoms with Crippen molar-refractivity contribution in [1.82, 2.24) is 49.0 Å². The number of nitrogens with one attached hydrogen (secondary N) is 3. The van der Waals surface area contributed by atoms with Gasteiger partial charge in [-0.25, -0.2) is 44.0 Å². The second kappa shape index (κ2) is 24.8. The molecule has 28 heteroatoms. The summed E-state index contributed by atoms with van der Waals surface area (Å²) in [6, 6.07) is 4.78. The van der Waals surface area contributed by atoms with Gasteiger partial charge in [-0.1, -0.05) is 0 Å². The average molecular weight is 1170 g/mol. The molecule has 5 atom stereocenters. The van der Waals surface area contributed by atoms with Gasteiger partial charge in [-0.2, -0.15) is 36.1 Å². The summed E-state index contributed by atoms with van der Waals surface area (Å²) in [4.78, 5) is 38.2. The van der Waals surface area contributed by atoms with Crippen LogP contribution in [-0.2, 0) is 88.7 Å². The van der Waals surface area contributed by atoms with Gasteiger partial charge in [-0.15, -0.1) is 0 Å². The fourth-order valence-corrected chi connectivity index (χ4v) is 10.5. The van der Waals surface area contributed by atoms with Crippen LogP contribution in [0.2, 0.25) is 0 Å². The van der Waals surface area contributed by atoms with E-state index in [4.69, 9.17) is 18.9 Å². The third kappa shape index (κ3) is 16.6. The Bertz CT molecular complexity index is 3100. The SMILES string of the molecule is CC(C)(C)OC(=O)N[C@H]1CC(=O)CO[C@@H]1c1cc(F)ccc1F.CC(C)(C)OC(=O)N[C@H]1C[C@@H](N2Cc3cn(CS)nc3C2)CO[C@@H]1c1cc(F)ccc1F.CS(=O)(=O)n1cc2c(n1)CCC2.CS(=O)(=O)n1cc2c(n1)CNC2. The van der Waals surface area contributed by atoms with Crippen molar-refractivity contribution >= 4 is 50.6 Å². The molecule has 3 N–H and O–H groups in total. The van der Waals surface area contributed by atoms with Gasteiger partial charge in [0.2, 0.25) is 0 Å². The van der Waals surface area contributed by atoms with Gasteiger partial charge in [0, 0.05) is 79.5 Å². The van der Waals surface area contributed by atoms with Crippen molar-refractivity contribution in [2.24, 2.45) is 0 Å². The molecular weight excluding hydrogens is 1100 g/mol. The maximum Gasteiger partial charge on any atom is 0.407 e. The first kappa shape index (κ1) is 60.7. The third-order valence-corrected chi connectivity index (χ3v) is 14.7. The second-order valence-corrected chi connectivity index (χ2v) is 25.5. The predicted octanol–water partition coefficient (Wildman–Crippen LogP) is 6.15. The van der Waals surface area contributed by atoms with Gasteiger partial charge in [0.1, 0.15) is 53.3 Å². The number of fused-ring (bicyclic) bond motifs is 3. The number of halogens is 4. The minimum atomic E-state index is -3.20. The summed E-state index contributed by atoms with van der Waals surface area (Å²) in [5, 5.41) is 20.8. The Kier molecular flexibility index (Phi) is 19.1. The van der Waals surface area contributed by atoms with Gasteiger partial charge in [0.15, 0.2) is 5.78 Å². The van der Waals surface area contributed by atoms with Crippen LogP contribution in [0.25, 0.3) is 0 Å². The van der Waals surface area contributed by atoms with Crippen molar-refractivity contribution in [3.05, 3.63) is 123 Å². The third-order valence-electron chi connectivity index (χ3n) is 12.7. The molecule has 21 nitrogen and oxygen atoms in total. The smallest absolute Gasteiger partial charge is 0.407 e. The highest BCUT2D eigenvalue weighted by Gasteiger charge is 2.41. The highest BCUT2D eigenvalue weighted by molar-refractivity contribution is 7.89. The standard InChI is InChI=1S/C22H28F2N4O3S.C16H19F2NO4.C7H10N2O2S.C6H9N3O2S/c1-22(2,3)31-21(29)25-18-7-15(27-8-13-9-28(12-32)26-19(13)10-27)11-30-20(18)16-6-14(23)4-5-17(16)24;1-16(2,3)23-15(21)19-13-7-10(20)8-22-14(13)11-6-9(17)4-5-12(11)18;1-12(10,11)9-5-6-3-2-4-7(6)8-9;1-12(10,11)9-4-5-2-7-3-6(5)8-9/h4-6,9,15,18,20,32H,7-8,10-12H2,1-3H3,(H,25,29);4-6,13-14H,7-8H2,1-3H3,(H,19,21);5H,2-4H2,1H3;4,7H,2-3H2,1H3/t15-,18+,20-;13-,14+;;/m10../s1. The summed E-state index contributed by atoms with van der Waals surface area (Å²) in [6.07, 6.45) is 7.74. The number of rotatable bonds is 8. The van der Waals surface area contributed by atoms with Crippen LogP contribution < -0.4 is 16.0 Å². The summed E-state index contributed by atoms with van der Waals surface area (Å²) in [5.41, 5.74) is 4.60. The summed E-state index contributed by atoms with van der Waals surface area (Å²) in [5.74, 6) is -2.15. The number of ether oxygens (including phenoxy) is 4. The van der Waals surface area contributed by atoms with Crippen LogP contribution in [0.4, 0.5) is 27.2 Å². The number of carbonyl (C=O) groups is 3.